The third-order valence-electron chi connectivity index (χ3n) is 5.74. The average Bonchev–Trinajstić information content (AvgIpc) is 3.21. The van der Waals surface area contributed by atoms with Crippen LogP contribution in [0, 0.1) is 5.92 Å². The molecular weight excluding hydrogens is 414 g/mol. The van der Waals surface area contributed by atoms with Crippen LogP contribution >= 0.6 is 0 Å². The van der Waals surface area contributed by atoms with Crippen molar-refractivity contribution in [3.05, 3.63) is 84.4 Å². The molecule has 2 aromatic carbocycles. The molecule has 0 radical (unpaired) electrons. The second-order valence-electron chi connectivity index (χ2n) is 9.57. The molecule has 0 saturated carbocycles. The van der Waals surface area contributed by atoms with E-state index in [0.717, 1.165) is 17.5 Å². The van der Waals surface area contributed by atoms with Gasteiger partial charge in [0.1, 0.15) is 5.60 Å². The Morgan fingerprint density at radius 1 is 1.06 bits per heavy atom. The van der Waals surface area contributed by atoms with Crippen molar-refractivity contribution in [1.29, 1.82) is 0 Å². The highest BCUT2D eigenvalue weighted by atomic mass is 16.6. The molecule has 0 bridgehead atoms. The molecule has 3 rings (SSSR count). The van der Waals surface area contributed by atoms with Crippen molar-refractivity contribution in [2.24, 2.45) is 5.92 Å². The Balaban J connectivity index is 1.73. The zero-order chi connectivity index (χ0) is 23.7. The molecule has 1 fully saturated rings. The molecule has 0 unspecified atom stereocenters. The van der Waals surface area contributed by atoms with Gasteiger partial charge in [0.25, 0.3) is 0 Å². The largest absolute Gasteiger partial charge is 0.444 e. The number of hydrogen-bond donors (Lipinski definition) is 0. The highest BCUT2D eigenvalue weighted by Crippen LogP contribution is 2.32. The van der Waals surface area contributed by atoms with Crippen LogP contribution in [0.25, 0.3) is 0 Å². The minimum absolute atomic E-state index is 0.141. The molecule has 178 valence electrons. The Labute approximate surface area is 198 Å². The SMILES string of the molecule is C=CC[C@@H](OCc1ccccc1)[C@H]1[C@@H](COCc2ccccc2)CCN1C(=O)OC(C)(C)C. The van der Waals surface area contributed by atoms with Crippen molar-refractivity contribution in [1.82, 2.24) is 4.90 Å². The number of nitrogens with zero attached hydrogens (tertiary/aromatic N) is 1. The van der Waals surface area contributed by atoms with Crippen LogP contribution in [0.15, 0.2) is 73.3 Å². The number of benzene rings is 2. The van der Waals surface area contributed by atoms with Gasteiger partial charge in [-0.05, 0) is 44.7 Å². The highest BCUT2D eigenvalue weighted by molar-refractivity contribution is 5.69. The fraction of sp³-hybridized carbons (Fsp3) is 0.464. The maximum Gasteiger partial charge on any atom is 0.410 e. The van der Waals surface area contributed by atoms with Crippen LogP contribution in [-0.4, -0.2) is 41.9 Å². The average molecular weight is 452 g/mol. The molecule has 0 aliphatic carbocycles. The van der Waals surface area contributed by atoms with Crippen LogP contribution in [0.3, 0.4) is 0 Å². The lowest BCUT2D eigenvalue weighted by Gasteiger charge is -2.35. The Bertz CT molecular complexity index is 862. The van der Waals surface area contributed by atoms with Gasteiger partial charge in [0.15, 0.2) is 0 Å². The molecule has 0 N–H and O–H groups in total. The van der Waals surface area contributed by atoms with Gasteiger partial charge in [-0.2, -0.15) is 0 Å². The summed E-state index contributed by atoms with van der Waals surface area (Å²) in [6.07, 6.45) is 2.87. The first kappa shape index (κ1) is 25.0. The first-order chi connectivity index (χ1) is 15.9. The van der Waals surface area contributed by atoms with Gasteiger partial charge in [0, 0.05) is 12.5 Å². The normalized spacial score (nSPS) is 19.3. The summed E-state index contributed by atoms with van der Waals surface area (Å²) in [5.41, 5.74) is 1.69. The summed E-state index contributed by atoms with van der Waals surface area (Å²) >= 11 is 0. The number of rotatable bonds is 10. The number of hydrogen-bond acceptors (Lipinski definition) is 4. The molecule has 0 spiro atoms. The fourth-order valence-electron chi connectivity index (χ4n) is 4.25. The van der Waals surface area contributed by atoms with Crippen molar-refractivity contribution in [2.75, 3.05) is 13.2 Å². The maximum absolute atomic E-state index is 13.1. The van der Waals surface area contributed by atoms with Crippen molar-refractivity contribution in [2.45, 2.75) is 64.6 Å². The molecule has 0 aromatic heterocycles. The van der Waals surface area contributed by atoms with Crippen molar-refractivity contribution < 1.29 is 19.0 Å². The summed E-state index contributed by atoms with van der Waals surface area (Å²) < 4.78 is 18.2. The van der Waals surface area contributed by atoms with Gasteiger partial charge in [0.05, 0.1) is 32.0 Å². The van der Waals surface area contributed by atoms with E-state index in [-0.39, 0.29) is 24.2 Å². The summed E-state index contributed by atoms with van der Waals surface area (Å²) in [5.74, 6) is 0.155. The fourth-order valence-corrected chi connectivity index (χ4v) is 4.25. The first-order valence-electron chi connectivity index (χ1n) is 11.7. The van der Waals surface area contributed by atoms with E-state index in [1.54, 1.807) is 0 Å². The van der Waals surface area contributed by atoms with Crippen LogP contribution in [0.5, 0.6) is 0 Å². The third-order valence-corrected chi connectivity index (χ3v) is 5.74. The Morgan fingerprint density at radius 3 is 2.24 bits per heavy atom. The van der Waals surface area contributed by atoms with Crippen LogP contribution in [-0.2, 0) is 27.4 Å². The van der Waals surface area contributed by atoms with E-state index >= 15 is 0 Å². The van der Waals surface area contributed by atoms with Crippen molar-refractivity contribution >= 4 is 6.09 Å². The number of carbonyl (C=O) groups is 1. The minimum atomic E-state index is -0.553. The summed E-state index contributed by atoms with van der Waals surface area (Å²) in [4.78, 5) is 14.9. The lowest BCUT2D eigenvalue weighted by Crippen LogP contribution is -2.49. The second kappa shape index (κ2) is 12.0. The van der Waals surface area contributed by atoms with Crippen LogP contribution in [0.1, 0.15) is 44.7 Å². The minimum Gasteiger partial charge on any atom is -0.444 e. The molecule has 2 aromatic rings. The number of amides is 1. The summed E-state index contributed by atoms with van der Waals surface area (Å²) in [6.45, 7) is 11.8. The van der Waals surface area contributed by atoms with E-state index in [1.807, 2.05) is 80.3 Å². The van der Waals surface area contributed by atoms with E-state index in [2.05, 4.69) is 18.7 Å². The highest BCUT2D eigenvalue weighted by Gasteiger charge is 2.43. The molecule has 1 aliphatic rings. The molecule has 5 heteroatoms. The Kier molecular flexibility index (Phi) is 9.10. The quantitative estimate of drug-likeness (QED) is 0.416. The van der Waals surface area contributed by atoms with Gasteiger partial charge in [-0.15, -0.1) is 6.58 Å². The van der Waals surface area contributed by atoms with Gasteiger partial charge in [-0.25, -0.2) is 4.79 Å². The van der Waals surface area contributed by atoms with Gasteiger partial charge >= 0.3 is 6.09 Å². The smallest absolute Gasteiger partial charge is 0.410 e. The maximum atomic E-state index is 13.1. The molecule has 1 saturated heterocycles. The summed E-state index contributed by atoms with van der Waals surface area (Å²) in [6, 6.07) is 20.1. The predicted octanol–water partition coefficient (Wildman–Crippen LogP) is 5.99. The van der Waals surface area contributed by atoms with Crippen molar-refractivity contribution in [3.63, 3.8) is 0 Å². The van der Waals surface area contributed by atoms with E-state index in [0.29, 0.717) is 32.8 Å². The zero-order valence-electron chi connectivity index (χ0n) is 20.1. The lowest BCUT2D eigenvalue weighted by atomic mass is 9.94. The molecule has 3 atom stereocenters. The second-order valence-corrected chi connectivity index (χ2v) is 9.57. The van der Waals surface area contributed by atoms with Gasteiger partial charge in [-0.1, -0.05) is 66.7 Å². The van der Waals surface area contributed by atoms with Crippen LogP contribution < -0.4 is 0 Å². The molecule has 1 aliphatic heterocycles. The Morgan fingerprint density at radius 2 is 1.67 bits per heavy atom. The summed E-state index contributed by atoms with van der Waals surface area (Å²) in [5, 5.41) is 0. The molecular formula is C28H37NO4. The van der Waals surface area contributed by atoms with E-state index in [9.17, 15) is 4.79 Å². The number of likely N-dealkylation sites (tertiary alicyclic amines) is 1. The topological polar surface area (TPSA) is 48.0 Å². The summed E-state index contributed by atoms with van der Waals surface area (Å²) in [7, 11) is 0. The monoisotopic (exact) mass is 451 g/mol. The van der Waals surface area contributed by atoms with Crippen LogP contribution in [0.2, 0.25) is 0 Å². The lowest BCUT2D eigenvalue weighted by molar-refractivity contribution is -0.0438. The third kappa shape index (κ3) is 7.72. The first-order valence-corrected chi connectivity index (χ1v) is 11.7. The zero-order valence-corrected chi connectivity index (χ0v) is 20.1. The van der Waals surface area contributed by atoms with Crippen molar-refractivity contribution in [3.8, 4) is 0 Å². The van der Waals surface area contributed by atoms with E-state index < -0.39 is 5.60 Å². The Hall–Kier alpha value is -2.63. The number of carbonyl (C=O) groups excluding carboxylic acids is 1. The molecule has 5 nitrogen and oxygen atoms in total. The van der Waals surface area contributed by atoms with E-state index in [4.69, 9.17) is 14.2 Å². The van der Waals surface area contributed by atoms with Crippen LogP contribution in [0.4, 0.5) is 4.79 Å². The van der Waals surface area contributed by atoms with Gasteiger partial charge in [-0.3, -0.25) is 0 Å². The van der Waals surface area contributed by atoms with Gasteiger partial charge in [0.2, 0.25) is 0 Å². The molecule has 1 amide bonds. The number of ether oxygens (including phenoxy) is 3. The molecule has 33 heavy (non-hydrogen) atoms. The van der Waals surface area contributed by atoms with Gasteiger partial charge < -0.3 is 19.1 Å². The standard InChI is InChI=1S/C28H37NO4/c1-5-12-25(32-20-23-15-10-7-11-16-23)26-24(21-31-19-22-13-8-6-9-14-22)17-18-29(26)27(30)33-28(2,3)4/h5-11,13-16,24-26H,1,12,17-21H2,2-4H3/t24-,25-,26-/m1/s1. The van der Waals surface area contributed by atoms with E-state index in [1.165, 1.54) is 0 Å². The molecule has 1 heterocycles. The predicted molar refractivity (Wildman–Crippen MR) is 131 cm³/mol.